The molecule has 1 aromatic heterocycles. The molecule has 0 amide bonds. The number of hydrogen-bond donors (Lipinski definition) is 1. The summed E-state index contributed by atoms with van der Waals surface area (Å²) in [5.74, 6) is 0.854. The summed E-state index contributed by atoms with van der Waals surface area (Å²) >= 11 is 7.12. The van der Waals surface area contributed by atoms with E-state index in [1.165, 1.54) is 5.56 Å². The van der Waals surface area contributed by atoms with E-state index in [0.717, 1.165) is 27.8 Å². The van der Waals surface area contributed by atoms with Gasteiger partial charge in [-0.05, 0) is 63.4 Å². The van der Waals surface area contributed by atoms with Gasteiger partial charge in [-0.25, -0.2) is 4.98 Å². The Labute approximate surface area is 142 Å². The van der Waals surface area contributed by atoms with Crippen molar-refractivity contribution in [3.63, 3.8) is 0 Å². The summed E-state index contributed by atoms with van der Waals surface area (Å²) in [6.07, 6.45) is 5.61. The number of hydrogen-bond acceptors (Lipinski definition) is 3. The Morgan fingerprint density at radius 3 is 2.62 bits per heavy atom. The van der Waals surface area contributed by atoms with Crippen LogP contribution >= 0.6 is 31.9 Å². The molecule has 1 N–H and O–H groups in total. The average molecular weight is 417 g/mol. The first-order chi connectivity index (χ1) is 10.1. The Hall–Kier alpha value is -0.850. The maximum atomic E-state index is 5.59. The fraction of sp³-hybridized carbons (Fsp3) is 0.400. The molecule has 2 aromatic rings. The number of aromatic nitrogens is 2. The summed E-state index contributed by atoms with van der Waals surface area (Å²) in [5, 5.41) is 3.51. The molecule has 21 heavy (non-hydrogen) atoms. The third kappa shape index (κ3) is 4.83. The van der Waals surface area contributed by atoms with Gasteiger partial charge in [0, 0.05) is 31.5 Å². The molecule has 0 saturated carbocycles. The fourth-order valence-corrected chi connectivity index (χ4v) is 3.57. The molecule has 1 heterocycles. The maximum absolute atomic E-state index is 5.59. The summed E-state index contributed by atoms with van der Waals surface area (Å²) in [6.45, 7) is 6.50. The summed E-state index contributed by atoms with van der Waals surface area (Å²) < 4.78 is 9.61. The van der Waals surface area contributed by atoms with Gasteiger partial charge >= 0.3 is 0 Å². The van der Waals surface area contributed by atoms with Crippen LogP contribution in [0.15, 0.2) is 39.8 Å². The molecule has 0 aliphatic rings. The van der Waals surface area contributed by atoms with E-state index in [1.807, 2.05) is 19.4 Å². The third-order valence-electron chi connectivity index (χ3n) is 3.05. The molecule has 0 saturated heterocycles. The Kier molecular flexibility index (Phi) is 6.26. The normalized spacial score (nSPS) is 12.4. The standard InChI is InChI=1S/C15H19Br2N3O/c1-3-21-15-13(16)6-12(7-14(15)17)8-19-11(2)9-20-5-4-18-10-20/h4-7,10-11,19H,3,8-9H2,1-2H3/t11-/m0/s1. The van der Waals surface area contributed by atoms with E-state index in [1.54, 1.807) is 6.20 Å². The van der Waals surface area contributed by atoms with Gasteiger partial charge in [0.15, 0.2) is 0 Å². The predicted molar refractivity (Wildman–Crippen MR) is 91.5 cm³/mol. The molecule has 2 rings (SSSR count). The number of nitrogens with zero attached hydrogens (tertiary/aromatic N) is 2. The van der Waals surface area contributed by atoms with Crippen molar-refractivity contribution in [2.24, 2.45) is 0 Å². The van der Waals surface area contributed by atoms with E-state index in [-0.39, 0.29) is 0 Å². The number of imidazole rings is 1. The van der Waals surface area contributed by atoms with Crippen molar-refractivity contribution in [1.82, 2.24) is 14.9 Å². The van der Waals surface area contributed by atoms with Gasteiger partial charge in [-0.2, -0.15) is 0 Å². The Bertz CT molecular complexity index is 549. The molecule has 114 valence electrons. The van der Waals surface area contributed by atoms with Crippen molar-refractivity contribution in [2.45, 2.75) is 33.0 Å². The monoisotopic (exact) mass is 415 g/mol. The van der Waals surface area contributed by atoms with Crippen LogP contribution in [0.3, 0.4) is 0 Å². The molecule has 1 aromatic carbocycles. The van der Waals surface area contributed by atoms with Crippen LogP contribution < -0.4 is 10.1 Å². The van der Waals surface area contributed by atoms with Gasteiger partial charge in [-0.15, -0.1) is 0 Å². The maximum Gasteiger partial charge on any atom is 0.147 e. The summed E-state index contributed by atoms with van der Waals surface area (Å²) in [5.41, 5.74) is 1.20. The molecular weight excluding hydrogens is 398 g/mol. The highest BCUT2D eigenvalue weighted by Crippen LogP contribution is 2.34. The lowest BCUT2D eigenvalue weighted by atomic mass is 10.2. The highest BCUT2D eigenvalue weighted by Gasteiger charge is 2.09. The van der Waals surface area contributed by atoms with Gasteiger partial charge in [0.25, 0.3) is 0 Å². The zero-order chi connectivity index (χ0) is 15.2. The van der Waals surface area contributed by atoms with Crippen LogP contribution in [-0.4, -0.2) is 22.2 Å². The minimum Gasteiger partial charge on any atom is -0.492 e. The molecule has 6 heteroatoms. The minimum atomic E-state index is 0.364. The number of rotatable bonds is 7. The number of benzene rings is 1. The first kappa shape index (κ1) is 16.5. The van der Waals surface area contributed by atoms with Crippen molar-refractivity contribution >= 4 is 31.9 Å². The van der Waals surface area contributed by atoms with Crippen LogP contribution in [0.25, 0.3) is 0 Å². The molecular formula is C15H19Br2N3O. The van der Waals surface area contributed by atoms with Gasteiger partial charge in [0.1, 0.15) is 5.75 Å². The second-order valence-electron chi connectivity index (χ2n) is 4.86. The Balaban J connectivity index is 1.94. The van der Waals surface area contributed by atoms with Gasteiger partial charge in [0.2, 0.25) is 0 Å². The lowest BCUT2D eigenvalue weighted by Gasteiger charge is -2.16. The molecule has 0 aliphatic heterocycles. The molecule has 0 unspecified atom stereocenters. The SMILES string of the molecule is CCOc1c(Br)cc(CN[C@@H](C)Cn2ccnc2)cc1Br. The van der Waals surface area contributed by atoms with Crippen molar-refractivity contribution in [1.29, 1.82) is 0 Å². The zero-order valence-electron chi connectivity index (χ0n) is 12.1. The van der Waals surface area contributed by atoms with Crippen molar-refractivity contribution in [3.05, 3.63) is 45.4 Å². The number of nitrogens with one attached hydrogen (secondary N) is 1. The first-order valence-electron chi connectivity index (χ1n) is 6.90. The lowest BCUT2D eigenvalue weighted by molar-refractivity contribution is 0.336. The lowest BCUT2D eigenvalue weighted by Crippen LogP contribution is -2.29. The molecule has 1 atom stereocenters. The van der Waals surface area contributed by atoms with Crippen LogP contribution in [0.1, 0.15) is 19.4 Å². The van der Waals surface area contributed by atoms with E-state index in [2.05, 4.69) is 65.8 Å². The second kappa shape index (κ2) is 7.96. The highest BCUT2D eigenvalue weighted by molar-refractivity contribution is 9.11. The van der Waals surface area contributed by atoms with E-state index in [0.29, 0.717) is 12.6 Å². The largest absolute Gasteiger partial charge is 0.492 e. The summed E-state index contributed by atoms with van der Waals surface area (Å²) in [4.78, 5) is 4.05. The van der Waals surface area contributed by atoms with Crippen LogP contribution in [0.2, 0.25) is 0 Å². The minimum absolute atomic E-state index is 0.364. The van der Waals surface area contributed by atoms with Crippen molar-refractivity contribution in [2.75, 3.05) is 6.61 Å². The molecule has 0 fully saturated rings. The van der Waals surface area contributed by atoms with E-state index in [4.69, 9.17) is 4.74 Å². The zero-order valence-corrected chi connectivity index (χ0v) is 15.3. The van der Waals surface area contributed by atoms with E-state index in [9.17, 15) is 0 Å². The fourth-order valence-electron chi connectivity index (χ4n) is 2.06. The first-order valence-corrected chi connectivity index (χ1v) is 8.48. The quantitative estimate of drug-likeness (QED) is 0.741. The van der Waals surface area contributed by atoms with Gasteiger partial charge in [-0.1, -0.05) is 0 Å². The number of halogens is 2. The van der Waals surface area contributed by atoms with Gasteiger partial charge in [0.05, 0.1) is 21.9 Å². The molecule has 0 bridgehead atoms. The molecule has 4 nitrogen and oxygen atoms in total. The average Bonchev–Trinajstić information content (AvgIpc) is 2.93. The van der Waals surface area contributed by atoms with E-state index < -0.39 is 0 Å². The van der Waals surface area contributed by atoms with Crippen LogP contribution in [0.4, 0.5) is 0 Å². The van der Waals surface area contributed by atoms with E-state index >= 15 is 0 Å². The third-order valence-corrected chi connectivity index (χ3v) is 4.22. The van der Waals surface area contributed by atoms with Crippen LogP contribution in [0, 0.1) is 0 Å². The topological polar surface area (TPSA) is 39.1 Å². The Morgan fingerprint density at radius 1 is 1.33 bits per heavy atom. The summed E-state index contributed by atoms with van der Waals surface area (Å²) in [7, 11) is 0. The highest BCUT2D eigenvalue weighted by atomic mass is 79.9. The van der Waals surface area contributed by atoms with Gasteiger partial charge in [-0.3, -0.25) is 0 Å². The summed E-state index contributed by atoms with van der Waals surface area (Å²) in [6, 6.07) is 4.54. The second-order valence-corrected chi connectivity index (χ2v) is 6.57. The molecule has 0 aliphatic carbocycles. The number of ether oxygens (including phenoxy) is 1. The predicted octanol–water partition coefficient (Wildman–Crippen LogP) is 3.99. The van der Waals surface area contributed by atoms with Crippen molar-refractivity contribution in [3.8, 4) is 5.75 Å². The van der Waals surface area contributed by atoms with Crippen LogP contribution in [-0.2, 0) is 13.1 Å². The molecule has 0 radical (unpaired) electrons. The van der Waals surface area contributed by atoms with Gasteiger partial charge < -0.3 is 14.6 Å². The molecule has 0 spiro atoms. The van der Waals surface area contributed by atoms with Crippen LogP contribution in [0.5, 0.6) is 5.75 Å². The smallest absolute Gasteiger partial charge is 0.147 e. The Morgan fingerprint density at radius 2 is 2.05 bits per heavy atom. The van der Waals surface area contributed by atoms with Crippen molar-refractivity contribution < 1.29 is 4.74 Å².